The first kappa shape index (κ1) is 33.6. The molecule has 286 valence electrons. The van der Waals surface area contributed by atoms with E-state index in [1.165, 1.54) is 32.7 Å². The average molecular weight is 775 g/mol. The lowest BCUT2D eigenvalue weighted by Gasteiger charge is -2.32. The van der Waals surface area contributed by atoms with E-state index in [0.29, 0.717) is 17.5 Å². The van der Waals surface area contributed by atoms with E-state index < -0.39 is 5.41 Å². The van der Waals surface area contributed by atoms with E-state index in [0.717, 1.165) is 92.7 Å². The molecule has 9 aromatic rings. The monoisotopic (exact) mass is 774 g/mol. The number of hydrogen-bond acceptors (Lipinski definition) is 5. The topological polar surface area (TPSA) is 66.0 Å². The Bertz CT molecular complexity index is 3450. The van der Waals surface area contributed by atoms with Gasteiger partial charge in [-0.25, -0.2) is 15.0 Å². The normalized spacial score (nSPS) is 18.9. The third-order valence-electron chi connectivity index (χ3n) is 13.2. The number of benzene rings is 6. The van der Waals surface area contributed by atoms with Crippen LogP contribution in [-0.2, 0) is 11.8 Å². The first-order valence-electron chi connectivity index (χ1n) is 21.0. The number of para-hydroxylation sites is 2. The fraction of sp³-hybridized carbons (Fsp3) is 0.130. The molecule has 0 radical (unpaired) electrons. The third kappa shape index (κ3) is 4.79. The Morgan fingerprint density at radius 3 is 2.33 bits per heavy atom. The third-order valence-corrected chi connectivity index (χ3v) is 13.2. The van der Waals surface area contributed by atoms with E-state index in [4.69, 9.17) is 24.1 Å². The van der Waals surface area contributed by atoms with Crippen LogP contribution in [0.4, 0.5) is 0 Å². The summed E-state index contributed by atoms with van der Waals surface area (Å²) in [6.45, 7) is 2.30. The molecule has 13 rings (SSSR count). The van der Waals surface area contributed by atoms with Gasteiger partial charge in [-0.05, 0) is 72.9 Å². The van der Waals surface area contributed by atoms with Crippen LogP contribution in [0.15, 0.2) is 156 Å². The highest BCUT2D eigenvalue weighted by Gasteiger charge is 2.48. The van der Waals surface area contributed by atoms with Crippen LogP contribution in [0.25, 0.3) is 77.8 Å². The van der Waals surface area contributed by atoms with Crippen molar-refractivity contribution in [3.8, 4) is 22.8 Å². The summed E-state index contributed by atoms with van der Waals surface area (Å²) < 4.78 is 16.3. The van der Waals surface area contributed by atoms with Gasteiger partial charge in [0.25, 0.3) is 0 Å². The predicted octanol–water partition coefficient (Wildman–Crippen LogP) is 13.1. The summed E-state index contributed by atoms with van der Waals surface area (Å²) in [7, 11) is 0. The standard InChI is InChI=1S/C54H38N4O2/c1-54-29-28-32-14-7-8-19-36(32)50(54)60-49-41(54)26-27-43(58-42-23-11-9-20-37(42)40-30-34-17-5-6-18-35(34)31-44(40)58)48(49)53-56-51(33-15-3-2-4-16-33)55-52(57-53)39-22-13-25-46-47(39)38-21-10-12-24-45(38)59-46/h3,5-12,14-24,26-31,50H,2,4,13,25H2,1H3/t50?,54-/m0/s1. The van der Waals surface area contributed by atoms with Crippen molar-refractivity contribution in [1.29, 1.82) is 0 Å². The lowest BCUT2D eigenvalue weighted by atomic mass is 9.72. The maximum Gasteiger partial charge on any atom is 0.169 e. The molecule has 4 aliphatic rings. The van der Waals surface area contributed by atoms with Gasteiger partial charge in [-0.15, -0.1) is 0 Å². The lowest BCUT2D eigenvalue weighted by Crippen LogP contribution is -2.28. The number of ether oxygens (including phenoxy) is 1. The van der Waals surface area contributed by atoms with Crippen LogP contribution in [0.2, 0.25) is 0 Å². The van der Waals surface area contributed by atoms with Crippen LogP contribution in [0.1, 0.15) is 72.0 Å². The fourth-order valence-electron chi connectivity index (χ4n) is 10.3. The van der Waals surface area contributed by atoms with Gasteiger partial charge in [0.2, 0.25) is 0 Å². The molecule has 2 atom stereocenters. The largest absolute Gasteiger partial charge is 0.483 e. The fourth-order valence-corrected chi connectivity index (χ4v) is 10.3. The maximum absolute atomic E-state index is 7.41. The van der Waals surface area contributed by atoms with Gasteiger partial charge in [-0.3, -0.25) is 0 Å². The molecule has 0 amide bonds. The number of furan rings is 1. The molecule has 0 spiro atoms. The molecule has 0 fully saturated rings. The molecular formula is C54H38N4O2. The van der Waals surface area contributed by atoms with Crippen molar-refractivity contribution < 1.29 is 9.15 Å². The first-order chi connectivity index (χ1) is 29.6. The Kier molecular flexibility index (Phi) is 7.06. The summed E-state index contributed by atoms with van der Waals surface area (Å²) >= 11 is 0. The van der Waals surface area contributed by atoms with Gasteiger partial charge in [0, 0.05) is 50.4 Å². The van der Waals surface area contributed by atoms with Crippen molar-refractivity contribution in [3.05, 3.63) is 191 Å². The van der Waals surface area contributed by atoms with Gasteiger partial charge in [0.1, 0.15) is 23.2 Å². The quantitative estimate of drug-likeness (QED) is 0.178. The van der Waals surface area contributed by atoms with Crippen LogP contribution in [0, 0.1) is 0 Å². The Labute approximate surface area is 346 Å². The van der Waals surface area contributed by atoms with Crippen molar-refractivity contribution in [3.63, 3.8) is 0 Å². The van der Waals surface area contributed by atoms with Gasteiger partial charge in [-0.2, -0.15) is 0 Å². The van der Waals surface area contributed by atoms with Crippen molar-refractivity contribution in [2.75, 3.05) is 0 Å². The molecule has 1 aliphatic heterocycles. The van der Waals surface area contributed by atoms with Crippen LogP contribution in [0.3, 0.4) is 0 Å². The van der Waals surface area contributed by atoms with E-state index >= 15 is 0 Å². The molecule has 6 aromatic carbocycles. The SMILES string of the molecule is C[C@@]12C=Cc3ccccc3C1Oc1c2ccc(-n2c3ccccc3c3cc4ccccc4cc32)c1-c1nc(C2=CCCC=C2)nc(C2=CCCc3oc4ccccc4c32)n1. The molecule has 0 saturated carbocycles. The smallest absolute Gasteiger partial charge is 0.169 e. The van der Waals surface area contributed by atoms with Crippen LogP contribution < -0.4 is 4.74 Å². The van der Waals surface area contributed by atoms with Crippen molar-refractivity contribution in [1.82, 2.24) is 19.5 Å². The number of nitrogens with zero attached hydrogens (tertiary/aromatic N) is 4. The number of fused-ring (bicyclic) bond motifs is 12. The van der Waals surface area contributed by atoms with Crippen molar-refractivity contribution >= 4 is 60.8 Å². The number of rotatable bonds is 4. The van der Waals surface area contributed by atoms with E-state index in [1.807, 2.05) is 12.1 Å². The van der Waals surface area contributed by atoms with E-state index in [-0.39, 0.29) is 6.10 Å². The molecule has 6 heteroatoms. The van der Waals surface area contributed by atoms with Gasteiger partial charge in [0.05, 0.1) is 27.7 Å². The molecule has 4 heterocycles. The van der Waals surface area contributed by atoms with Crippen molar-refractivity contribution in [2.45, 2.75) is 44.1 Å². The van der Waals surface area contributed by atoms with Gasteiger partial charge in [0.15, 0.2) is 17.5 Å². The van der Waals surface area contributed by atoms with E-state index in [9.17, 15) is 0 Å². The minimum atomic E-state index is -0.419. The van der Waals surface area contributed by atoms with Crippen LogP contribution >= 0.6 is 0 Å². The number of hydrogen-bond donors (Lipinski definition) is 0. The summed E-state index contributed by atoms with van der Waals surface area (Å²) in [4.78, 5) is 16.3. The van der Waals surface area contributed by atoms with E-state index in [1.54, 1.807) is 0 Å². The molecule has 0 bridgehead atoms. The van der Waals surface area contributed by atoms with Crippen LogP contribution in [0.5, 0.6) is 5.75 Å². The lowest BCUT2D eigenvalue weighted by molar-refractivity contribution is 0.182. The minimum Gasteiger partial charge on any atom is -0.483 e. The Balaban J connectivity index is 1.13. The second-order valence-corrected chi connectivity index (χ2v) is 16.6. The first-order valence-corrected chi connectivity index (χ1v) is 21.0. The van der Waals surface area contributed by atoms with Gasteiger partial charge >= 0.3 is 0 Å². The van der Waals surface area contributed by atoms with Crippen LogP contribution in [-0.4, -0.2) is 19.5 Å². The van der Waals surface area contributed by atoms with Crippen molar-refractivity contribution in [2.24, 2.45) is 0 Å². The number of aromatic nitrogens is 4. The molecule has 60 heavy (non-hydrogen) atoms. The number of allylic oxidation sites excluding steroid dienone is 5. The summed E-state index contributed by atoms with van der Waals surface area (Å²) in [5, 5.41) is 5.84. The summed E-state index contributed by atoms with van der Waals surface area (Å²) in [5.41, 5.74) is 11.0. The summed E-state index contributed by atoms with van der Waals surface area (Å²) in [6.07, 6.45) is 16.8. The molecule has 6 nitrogen and oxygen atoms in total. The second-order valence-electron chi connectivity index (χ2n) is 16.6. The molecular weight excluding hydrogens is 737 g/mol. The zero-order chi connectivity index (χ0) is 39.5. The maximum atomic E-state index is 7.41. The predicted molar refractivity (Wildman–Crippen MR) is 241 cm³/mol. The molecule has 0 saturated heterocycles. The zero-order valence-corrected chi connectivity index (χ0v) is 33.0. The van der Waals surface area contributed by atoms with E-state index in [2.05, 4.69) is 157 Å². The molecule has 0 N–H and O–H groups in total. The zero-order valence-electron chi connectivity index (χ0n) is 33.0. The van der Waals surface area contributed by atoms with Gasteiger partial charge in [-0.1, -0.05) is 127 Å². The summed E-state index contributed by atoms with van der Waals surface area (Å²) in [6, 6.07) is 43.4. The Hall–Kier alpha value is -7.31. The molecule has 1 unspecified atom stereocenters. The highest BCUT2D eigenvalue weighted by atomic mass is 16.5. The Morgan fingerprint density at radius 1 is 0.650 bits per heavy atom. The minimum absolute atomic E-state index is 0.226. The molecule has 3 aromatic heterocycles. The Morgan fingerprint density at radius 2 is 1.43 bits per heavy atom. The second kappa shape index (κ2) is 12.6. The summed E-state index contributed by atoms with van der Waals surface area (Å²) in [5.74, 6) is 3.63. The highest BCUT2D eigenvalue weighted by Crippen LogP contribution is 2.58. The number of aryl methyl sites for hydroxylation is 1. The molecule has 3 aliphatic carbocycles. The average Bonchev–Trinajstić information content (AvgIpc) is 3.95. The van der Waals surface area contributed by atoms with Gasteiger partial charge < -0.3 is 13.7 Å². The highest BCUT2D eigenvalue weighted by molar-refractivity contribution is 6.14.